The number of ether oxygens (including phenoxy) is 1. The van der Waals surface area contributed by atoms with Crippen molar-refractivity contribution in [2.45, 2.75) is 25.8 Å². The number of hydrogen-bond acceptors (Lipinski definition) is 4. The van der Waals surface area contributed by atoms with Gasteiger partial charge < -0.3 is 15.0 Å². The zero-order valence-corrected chi connectivity index (χ0v) is 24.5. The normalized spacial score (nSPS) is 11.7. The Kier molecular flexibility index (Phi) is 8.79. The lowest BCUT2D eigenvalue weighted by atomic mass is 10.1. The van der Waals surface area contributed by atoms with E-state index < -0.39 is 6.04 Å². The molecule has 5 aromatic rings. The number of anilines is 1. The highest BCUT2D eigenvalue weighted by molar-refractivity contribution is 9.10. The van der Waals surface area contributed by atoms with Gasteiger partial charge in [0.15, 0.2) is 0 Å². The maximum Gasteiger partial charge on any atom is 0.322 e. The summed E-state index contributed by atoms with van der Waals surface area (Å²) < 4.78 is 7.75. The first kappa shape index (κ1) is 28.1. The van der Waals surface area contributed by atoms with Crippen molar-refractivity contribution in [1.29, 1.82) is 0 Å². The van der Waals surface area contributed by atoms with Crippen molar-refractivity contribution >= 4 is 38.6 Å². The fraction of sp³-hybridized carbons (Fsp3) is 0.182. The number of fused-ring (bicyclic) bond motifs is 1. The Morgan fingerprint density at radius 1 is 0.951 bits per heavy atom. The van der Waals surface area contributed by atoms with Crippen LogP contribution in [0.1, 0.15) is 30.8 Å². The van der Waals surface area contributed by atoms with E-state index in [1.807, 2.05) is 104 Å². The third kappa shape index (κ3) is 6.18. The van der Waals surface area contributed by atoms with E-state index in [0.29, 0.717) is 53.2 Å². The fourth-order valence-corrected chi connectivity index (χ4v) is 5.32. The van der Waals surface area contributed by atoms with Gasteiger partial charge in [-0.15, -0.1) is 0 Å². The molecule has 41 heavy (non-hydrogen) atoms. The predicted octanol–water partition coefficient (Wildman–Crippen LogP) is 7.38. The number of carbonyl (C=O) groups is 1. The van der Waals surface area contributed by atoms with Crippen LogP contribution in [-0.4, -0.2) is 34.1 Å². The molecule has 0 saturated carbocycles. The lowest BCUT2D eigenvalue weighted by molar-refractivity contribution is 0.182. The summed E-state index contributed by atoms with van der Waals surface area (Å²) in [6, 6.07) is 31.4. The topological polar surface area (TPSA) is 76.5 Å². The van der Waals surface area contributed by atoms with Crippen molar-refractivity contribution in [2.24, 2.45) is 0 Å². The van der Waals surface area contributed by atoms with Gasteiger partial charge in [0.25, 0.3) is 5.56 Å². The molecule has 0 saturated heterocycles. The van der Waals surface area contributed by atoms with Crippen LogP contribution in [0.25, 0.3) is 16.6 Å². The van der Waals surface area contributed by atoms with Gasteiger partial charge in [-0.2, -0.15) is 0 Å². The molecule has 0 aliphatic heterocycles. The molecule has 8 heteroatoms. The molecule has 0 fully saturated rings. The monoisotopic (exact) mass is 610 g/mol. The molecule has 0 spiro atoms. The van der Waals surface area contributed by atoms with E-state index in [-0.39, 0.29) is 11.6 Å². The van der Waals surface area contributed by atoms with E-state index in [1.165, 1.54) is 0 Å². The van der Waals surface area contributed by atoms with Crippen molar-refractivity contribution < 1.29 is 9.53 Å². The van der Waals surface area contributed by atoms with E-state index in [0.717, 1.165) is 10.0 Å². The van der Waals surface area contributed by atoms with Crippen molar-refractivity contribution in [1.82, 2.24) is 14.5 Å². The van der Waals surface area contributed by atoms with Gasteiger partial charge in [-0.1, -0.05) is 61.5 Å². The molecule has 4 aromatic carbocycles. The number of methoxy groups -OCH3 is 1. The van der Waals surface area contributed by atoms with Crippen LogP contribution in [-0.2, 0) is 6.42 Å². The van der Waals surface area contributed by atoms with Gasteiger partial charge in [-0.3, -0.25) is 9.36 Å². The highest BCUT2D eigenvalue weighted by Gasteiger charge is 2.29. The first-order chi connectivity index (χ1) is 20.0. The molecular formula is C33H31BrN4O3. The molecular weight excluding hydrogens is 580 g/mol. The van der Waals surface area contributed by atoms with E-state index in [9.17, 15) is 9.59 Å². The van der Waals surface area contributed by atoms with Crippen LogP contribution in [0.5, 0.6) is 5.75 Å². The lowest BCUT2D eigenvalue weighted by Crippen LogP contribution is -2.42. The Hall–Kier alpha value is -4.43. The number of hydrogen-bond donors (Lipinski definition) is 1. The van der Waals surface area contributed by atoms with Gasteiger partial charge in [-0.05, 0) is 82.9 Å². The zero-order valence-electron chi connectivity index (χ0n) is 23.0. The number of carbonyl (C=O) groups excluding carboxylic acids is 1. The Bertz CT molecular complexity index is 1700. The Labute approximate surface area is 247 Å². The average Bonchev–Trinajstić information content (AvgIpc) is 3.01. The van der Waals surface area contributed by atoms with Crippen molar-refractivity contribution in [3.05, 3.63) is 129 Å². The van der Waals surface area contributed by atoms with E-state index in [1.54, 1.807) is 22.6 Å². The molecule has 2 amide bonds. The van der Waals surface area contributed by atoms with Crippen LogP contribution in [0.15, 0.2) is 112 Å². The lowest BCUT2D eigenvalue weighted by Gasteiger charge is -2.32. The van der Waals surface area contributed by atoms with Gasteiger partial charge in [0.05, 0.1) is 35.4 Å². The summed E-state index contributed by atoms with van der Waals surface area (Å²) in [6.45, 7) is 2.43. The molecule has 7 nitrogen and oxygen atoms in total. The highest BCUT2D eigenvalue weighted by Crippen LogP contribution is 2.29. The number of rotatable bonds is 9. The molecule has 0 aliphatic carbocycles. The maximum atomic E-state index is 14.0. The summed E-state index contributed by atoms with van der Waals surface area (Å²) in [5.74, 6) is 1.18. The third-order valence-corrected chi connectivity index (χ3v) is 7.75. The summed E-state index contributed by atoms with van der Waals surface area (Å²) in [5, 5.41) is 3.58. The number of aromatic nitrogens is 2. The molecule has 0 aliphatic rings. The first-order valence-electron chi connectivity index (χ1n) is 13.5. The Balaban J connectivity index is 1.64. The number of urea groups is 1. The molecule has 5 rings (SSSR count). The third-order valence-electron chi connectivity index (χ3n) is 7.05. The van der Waals surface area contributed by atoms with Crippen molar-refractivity contribution in [3.63, 3.8) is 0 Å². The van der Waals surface area contributed by atoms with E-state index >= 15 is 0 Å². The highest BCUT2D eigenvalue weighted by atomic mass is 79.9. The molecule has 0 radical (unpaired) electrons. The van der Waals surface area contributed by atoms with Crippen molar-refractivity contribution in [2.75, 3.05) is 19.0 Å². The van der Waals surface area contributed by atoms with Gasteiger partial charge in [-0.25, -0.2) is 9.78 Å². The van der Waals surface area contributed by atoms with Crippen LogP contribution < -0.4 is 15.6 Å². The quantitative estimate of drug-likeness (QED) is 0.189. The summed E-state index contributed by atoms with van der Waals surface area (Å²) in [6.07, 6.45) is 1.18. The summed E-state index contributed by atoms with van der Waals surface area (Å²) in [7, 11) is 1.60. The Morgan fingerprint density at radius 3 is 2.34 bits per heavy atom. The second-order valence-electron chi connectivity index (χ2n) is 9.59. The van der Waals surface area contributed by atoms with Crippen LogP contribution in [0.2, 0.25) is 0 Å². The smallest absolute Gasteiger partial charge is 0.322 e. The van der Waals surface area contributed by atoms with E-state index in [4.69, 9.17) is 9.72 Å². The van der Waals surface area contributed by atoms with Crippen molar-refractivity contribution in [3.8, 4) is 11.4 Å². The predicted molar refractivity (Wildman–Crippen MR) is 167 cm³/mol. The van der Waals surface area contributed by atoms with Gasteiger partial charge in [0.1, 0.15) is 11.6 Å². The number of amides is 2. The molecule has 0 bridgehead atoms. The van der Waals surface area contributed by atoms with Gasteiger partial charge in [0, 0.05) is 11.0 Å². The maximum absolute atomic E-state index is 14.0. The fourth-order valence-electron chi connectivity index (χ4n) is 4.94. The average molecular weight is 612 g/mol. The van der Waals surface area contributed by atoms with Gasteiger partial charge in [0.2, 0.25) is 0 Å². The minimum absolute atomic E-state index is 0.191. The number of halogens is 1. The molecule has 1 unspecified atom stereocenters. The van der Waals surface area contributed by atoms with Gasteiger partial charge >= 0.3 is 6.03 Å². The minimum atomic E-state index is -0.499. The molecule has 1 heterocycles. The number of nitrogens with zero attached hydrogens (tertiary/aromatic N) is 3. The second kappa shape index (κ2) is 12.8. The first-order valence-corrected chi connectivity index (χ1v) is 14.3. The number of nitrogens with one attached hydrogen (secondary N) is 1. The van der Waals surface area contributed by atoms with Crippen LogP contribution in [0.4, 0.5) is 10.5 Å². The van der Waals surface area contributed by atoms with Crippen LogP contribution in [0.3, 0.4) is 0 Å². The second-order valence-corrected chi connectivity index (χ2v) is 10.4. The summed E-state index contributed by atoms with van der Waals surface area (Å²) in [4.78, 5) is 34.8. The van der Waals surface area contributed by atoms with E-state index in [2.05, 4.69) is 21.2 Å². The summed E-state index contributed by atoms with van der Waals surface area (Å²) in [5.41, 5.74) is 2.82. The number of para-hydroxylation sites is 2. The largest absolute Gasteiger partial charge is 0.497 e. The summed E-state index contributed by atoms with van der Waals surface area (Å²) >= 11 is 3.54. The minimum Gasteiger partial charge on any atom is -0.497 e. The molecule has 1 atom stereocenters. The van der Waals surface area contributed by atoms with Crippen LogP contribution in [0, 0.1) is 0 Å². The van der Waals surface area contributed by atoms with Crippen LogP contribution >= 0.6 is 15.9 Å². The SMILES string of the molecule is CCC(c1nc2ccccc2c(=O)n1-c1ccc(OC)cc1)N(CCc1ccccc1)C(=O)Nc1ccccc1Br. The molecule has 208 valence electrons. The molecule has 1 aromatic heterocycles. The number of benzene rings is 4. The molecule has 1 N–H and O–H groups in total. The zero-order chi connectivity index (χ0) is 28.8. The Morgan fingerprint density at radius 2 is 1.63 bits per heavy atom. The standard InChI is InChI=1S/C33H31BrN4O3/c1-3-30(37(22-21-23-11-5-4-6-12-23)33(40)36-29-16-10-8-14-27(29)34)31-35-28-15-9-7-13-26(28)32(39)38(31)24-17-19-25(41-2)20-18-24/h4-20,30H,3,21-22H2,1-2H3,(H,36,40).